The second kappa shape index (κ2) is 6.30. The van der Waals surface area contributed by atoms with E-state index in [-0.39, 0.29) is 5.78 Å². The Labute approximate surface area is 124 Å². The van der Waals surface area contributed by atoms with Crippen LogP contribution in [-0.2, 0) is 13.0 Å². The number of aromatic nitrogens is 1. The number of benzene rings is 1. The number of thiazole rings is 1. The summed E-state index contributed by atoms with van der Waals surface area (Å²) in [5.74, 6) is 0.586. The molecule has 0 unspecified atom stereocenters. The van der Waals surface area contributed by atoms with Crippen LogP contribution in [0.3, 0.4) is 0 Å². The van der Waals surface area contributed by atoms with E-state index in [1.807, 2.05) is 17.5 Å². The Bertz CT molecular complexity index is 595. The van der Waals surface area contributed by atoms with Crippen LogP contribution >= 0.6 is 27.3 Å². The van der Waals surface area contributed by atoms with Gasteiger partial charge in [0.05, 0.1) is 16.3 Å². The van der Waals surface area contributed by atoms with E-state index in [1.165, 1.54) is 6.92 Å². The Kier molecular flexibility index (Phi) is 4.71. The van der Waals surface area contributed by atoms with Crippen LogP contribution in [0.5, 0.6) is 5.75 Å². The number of hydrogen-bond acceptors (Lipinski definition) is 4. The van der Waals surface area contributed by atoms with Crippen LogP contribution in [0.1, 0.15) is 34.9 Å². The van der Waals surface area contributed by atoms with E-state index in [2.05, 4.69) is 27.8 Å². The summed E-state index contributed by atoms with van der Waals surface area (Å²) in [6.07, 6.45) is 0.931. The second-order valence-corrected chi connectivity index (χ2v) is 5.93. The van der Waals surface area contributed by atoms with Crippen molar-refractivity contribution in [1.29, 1.82) is 0 Å². The van der Waals surface area contributed by atoms with Crippen molar-refractivity contribution in [2.45, 2.75) is 26.9 Å². The third-order valence-corrected chi connectivity index (χ3v) is 4.14. The van der Waals surface area contributed by atoms with Crippen molar-refractivity contribution >= 4 is 33.0 Å². The molecule has 0 fully saturated rings. The van der Waals surface area contributed by atoms with Gasteiger partial charge in [0.25, 0.3) is 0 Å². The highest BCUT2D eigenvalue weighted by Gasteiger charge is 2.10. The standard InChI is InChI=1S/C14H14BrNO2S/c1-3-14-16-11(8-19-14)7-18-13-6-10(15)4-5-12(13)9(2)17/h4-6,8H,3,7H2,1-2H3. The molecule has 100 valence electrons. The second-order valence-electron chi connectivity index (χ2n) is 4.07. The van der Waals surface area contributed by atoms with E-state index in [9.17, 15) is 4.79 Å². The first-order valence-corrected chi connectivity index (χ1v) is 7.64. The lowest BCUT2D eigenvalue weighted by Gasteiger charge is -2.09. The number of carbonyl (C=O) groups is 1. The zero-order valence-corrected chi connectivity index (χ0v) is 13.2. The van der Waals surface area contributed by atoms with Crippen molar-refractivity contribution in [3.63, 3.8) is 0 Å². The smallest absolute Gasteiger partial charge is 0.163 e. The van der Waals surface area contributed by atoms with Gasteiger partial charge in [-0.3, -0.25) is 4.79 Å². The Morgan fingerprint density at radius 3 is 2.89 bits per heavy atom. The van der Waals surface area contributed by atoms with Crippen molar-refractivity contribution in [3.05, 3.63) is 44.3 Å². The molecule has 1 aromatic carbocycles. The molecule has 0 N–H and O–H groups in total. The van der Waals surface area contributed by atoms with Crippen molar-refractivity contribution in [3.8, 4) is 5.75 Å². The van der Waals surface area contributed by atoms with Gasteiger partial charge in [-0.2, -0.15) is 0 Å². The van der Waals surface area contributed by atoms with E-state index >= 15 is 0 Å². The molecule has 0 aliphatic heterocycles. The molecular formula is C14H14BrNO2S. The minimum Gasteiger partial charge on any atom is -0.486 e. The highest BCUT2D eigenvalue weighted by atomic mass is 79.9. The Hall–Kier alpha value is -1.20. The number of ether oxygens (including phenoxy) is 1. The molecule has 2 aromatic rings. The van der Waals surface area contributed by atoms with Gasteiger partial charge >= 0.3 is 0 Å². The van der Waals surface area contributed by atoms with Gasteiger partial charge in [-0.15, -0.1) is 11.3 Å². The molecule has 2 rings (SSSR count). The number of rotatable bonds is 5. The third kappa shape index (κ3) is 3.64. The largest absolute Gasteiger partial charge is 0.486 e. The maximum Gasteiger partial charge on any atom is 0.163 e. The van der Waals surface area contributed by atoms with Crippen LogP contribution in [0, 0.1) is 0 Å². The minimum absolute atomic E-state index is 0.00461. The molecule has 0 saturated heterocycles. The lowest BCUT2D eigenvalue weighted by Crippen LogP contribution is -2.02. The molecule has 0 amide bonds. The van der Waals surface area contributed by atoms with E-state index in [4.69, 9.17) is 4.74 Å². The van der Waals surface area contributed by atoms with Crippen molar-refractivity contribution in [2.75, 3.05) is 0 Å². The summed E-state index contributed by atoms with van der Waals surface area (Å²) in [5.41, 5.74) is 1.49. The fourth-order valence-corrected chi connectivity index (χ4v) is 2.71. The van der Waals surface area contributed by atoms with Gasteiger partial charge in [-0.25, -0.2) is 4.98 Å². The first kappa shape index (κ1) is 14.2. The maximum absolute atomic E-state index is 11.5. The Morgan fingerprint density at radius 1 is 1.47 bits per heavy atom. The van der Waals surface area contributed by atoms with Crippen molar-refractivity contribution in [1.82, 2.24) is 4.98 Å². The van der Waals surface area contributed by atoms with Gasteiger partial charge in [-0.05, 0) is 31.5 Å². The molecule has 0 aliphatic rings. The highest BCUT2D eigenvalue weighted by molar-refractivity contribution is 9.10. The number of aryl methyl sites for hydroxylation is 1. The summed E-state index contributed by atoms with van der Waals surface area (Å²) < 4.78 is 6.61. The molecule has 0 bridgehead atoms. The number of Topliss-reactive ketones (excluding diaryl/α,β-unsaturated/α-hetero) is 1. The maximum atomic E-state index is 11.5. The van der Waals surface area contributed by atoms with Crippen LogP contribution < -0.4 is 4.74 Å². The summed E-state index contributed by atoms with van der Waals surface area (Å²) in [7, 11) is 0. The fourth-order valence-electron chi connectivity index (χ4n) is 1.64. The van der Waals surface area contributed by atoms with E-state index in [0.717, 1.165) is 21.6 Å². The van der Waals surface area contributed by atoms with Crippen LogP contribution in [0.15, 0.2) is 28.1 Å². The molecule has 1 aromatic heterocycles. The molecule has 1 heterocycles. The van der Waals surface area contributed by atoms with Crippen LogP contribution in [0.2, 0.25) is 0 Å². The van der Waals surface area contributed by atoms with E-state index in [1.54, 1.807) is 17.4 Å². The van der Waals surface area contributed by atoms with Gasteiger partial charge in [0.15, 0.2) is 5.78 Å². The zero-order chi connectivity index (χ0) is 13.8. The van der Waals surface area contributed by atoms with Gasteiger partial charge in [0.1, 0.15) is 12.4 Å². The summed E-state index contributed by atoms with van der Waals surface area (Å²) >= 11 is 5.01. The summed E-state index contributed by atoms with van der Waals surface area (Å²) in [6.45, 7) is 3.99. The number of halogens is 1. The lowest BCUT2D eigenvalue weighted by atomic mass is 10.1. The van der Waals surface area contributed by atoms with Crippen LogP contribution in [-0.4, -0.2) is 10.8 Å². The Balaban J connectivity index is 2.14. The van der Waals surface area contributed by atoms with Gasteiger partial charge in [-0.1, -0.05) is 22.9 Å². The Morgan fingerprint density at radius 2 is 2.26 bits per heavy atom. The minimum atomic E-state index is -0.00461. The molecule has 0 radical (unpaired) electrons. The summed E-state index contributed by atoms with van der Waals surface area (Å²) in [4.78, 5) is 16.0. The number of carbonyl (C=O) groups excluding carboxylic acids is 1. The molecule has 3 nitrogen and oxygen atoms in total. The number of hydrogen-bond donors (Lipinski definition) is 0. The molecule has 0 saturated carbocycles. The van der Waals surface area contributed by atoms with Gasteiger partial charge in [0, 0.05) is 9.85 Å². The van der Waals surface area contributed by atoms with Crippen molar-refractivity contribution < 1.29 is 9.53 Å². The predicted octanol–water partition coefficient (Wildman–Crippen LogP) is 4.25. The summed E-state index contributed by atoms with van der Waals surface area (Å²) in [6, 6.07) is 5.41. The van der Waals surface area contributed by atoms with Crippen LogP contribution in [0.25, 0.3) is 0 Å². The average Bonchev–Trinajstić information content (AvgIpc) is 2.84. The topological polar surface area (TPSA) is 39.2 Å². The lowest BCUT2D eigenvalue weighted by molar-refractivity contribution is 0.101. The summed E-state index contributed by atoms with van der Waals surface area (Å²) in [5, 5.41) is 3.09. The average molecular weight is 340 g/mol. The van der Waals surface area contributed by atoms with Crippen LogP contribution in [0.4, 0.5) is 0 Å². The molecule has 19 heavy (non-hydrogen) atoms. The van der Waals surface area contributed by atoms with E-state index < -0.39 is 0 Å². The predicted molar refractivity (Wildman–Crippen MR) is 80.0 cm³/mol. The van der Waals surface area contributed by atoms with E-state index in [0.29, 0.717) is 17.9 Å². The first-order chi connectivity index (χ1) is 9.10. The van der Waals surface area contributed by atoms with Crippen molar-refractivity contribution in [2.24, 2.45) is 0 Å². The monoisotopic (exact) mass is 339 g/mol. The molecule has 0 spiro atoms. The normalized spacial score (nSPS) is 10.5. The highest BCUT2D eigenvalue weighted by Crippen LogP contribution is 2.25. The fraction of sp³-hybridized carbons (Fsp3) is 0.286. The first-order valence-electron chi connectivity index (χ1n) is 5.96. The van der Waals surface area contributed by atoms with Gasteiger partial charge < -0.3 is 4.74 Å². The van der Waals surface area contributed by atoms with Gasteiger partial charge in [0.2, 0.25) is 0 Å². The zero-order valence-electron chi connectivity index (χ0n) is 10.8. The number of ketones is 1. The number of nitrogens with zero attached hydrogens (tertiary/aromatic N) is 1. The molecule has 0 aliphatic carbocycles. The third-order valence-electron chi connectivity index (χ3n) is 2.60. The molecule has 5 heteroatoms. The molecular weight excluding hydrogens is 326 g/mol. The SMILES string of the molecule is CCc1nc(COc2cc(Br)ccc2C(C)=O)cs1. The quantitative estimate of drug-likeness (QED) is 0.764. The molecule has 0 atom stereocenters.